The van der Waals surface area contributed by atoms with E-state index in [1.165, 1.54) is 17.5 Å². The molecule has 1 aromatic rings. The summed E-state index contributed by atoms with van der Waals surface area (Å²) < 4.78 is 56.9. The summed E-state index contributed by atoms with van der Waals surface area (Å²) in [5.74, 6) is -2.76. The molecule has 0 bridgehead atoms. The van der Waals surface area contributed by atoms with Crippen LogP contribution in [0.1, 0.15) is 36.8 Å². The number of halogens is 3. The fourth-order valence-corrected chi connectivity index (χ4v) is 6.70. The Morgan fingerprint density at radius 2 is 1.73 bits per heavy atom. The molecule has 1 aliphatic carbocycles. The number of carboxylic acid groups (broad SMARTS) is 1. The number of rotatable bonds is 4. The number of benzene rings is 1. The first-order valence-electron chi connectivity index (χ1n) is 11.0. The maximum Gasteiger partial charge on any atom is 0.490 e. The number of hydrogen-bond acceptors (Lipinski definition) is 5. The summed E-state index contributed by atoms with van der Waals surface area (Å²) in [6.07, 6.45) is -1.31. The van der Waals surface area contributed by atoms with Crippen molar-refractivity contribution in [3.63, 3.8) is 0 Å². The quantitative estimate of drug-likeness (QED) is 0.672. The van der Waals surface area contributed by atoms with Crippen molar-refractivity contribution in [1.29, 1.82) is 0 Å². The lowest BCUT2D eigenvalue weighted by molar-refractivity contribution is -0.192. The number of amides is 1. The standard InChI is InChI=1S/C20H28N2O3S.C2HF3O2/c1-14-5-7-15(8-6-14)11-22-12-18-17(20(23)21-16-3-2-4-16)9-10-26(24,25)19(18)13-22;3-2(4,5)1(6)7/h5-8,16-19H,2-4,9-13H2,1H3,(H,21,23);(H,6,7)/t17-,18+,19+;/m0./s1. The number of hydrogen-bond donors (Lipinski definition) is 2. The van der Waals surface area contributed by atoms with Gasteiger partial charge < -0.3 is 10.4 Å². The van der Waals surface area contributed by atoms with Crippen LogP contribution in [0.15, 0.2) is 24.3 Å². The van der Waals surface area contributed by atoms with Gasteiger partial charge in [-0.25, -0.2) is 13.2 Å². The zero-order chi connectivity index (χ0) is 24.4. The Bertz CT molecular complexity index is 961. The summed E-state index contributed by atoms with van der Waals surface area (Å²) in [6, 6.07) is 8.69. The van der Waals surface area contributed by atoms with E-state index in [0.29, 0.717) is 25.6 Å². The molecule has 0 spiro atoms. The van der Waals surface area contributed by atoms with Crippen LogP contribution in [0.4, 0.5) is 13.2 Å². The third-order valence-electron chi connectivity index (χ3n) is 6.63. The fourth-order valence-electron chi connectivity index (χ4n) is 4.57. The molecule has 0 radical (unpaired) electrons. The SMILES string of the molecule is Cc1ccc(CN2C[C@@H]3[C@@H](C(=O)NC4CCC4)CCS(=O)(=O)[C@@H]3C2)cc1.O=C(O)C(F)(F)F. The van der Waals surface area contributed by atoms with Crippen LogP contribution in [-0.2, 0) is 26.0 Å². The lowest BCUT2D eigenvalue weighted by Gasteiger charge is -2.34. The van der Waals surface area contributed by atoms with Crippen molar-refractivity contribution >= 4 is 21.7 Å². The first-order valence-corrected chi connectivity index (χ1v) is 12.7. The molecular formula is C22H29F3N2O5S. The second-order valence-electron chi connectivity index (χ2n) is 9.08. The van der Waals surface area contributed by atoms with Gasteiger partial charge in [-0.3, -0.25) is 9.69 Å². The maximum absolute atomic E-state index is 12.7. The van der Waals surface area contributed by atoms with Gasteiger partial charge in [0.05, 0.1) is 11.0 Å². The minimum atomic E-state index is -5.08. The van der Waals surface area contributed by atoms with Crippen molar-refractivity contribution in [2.75, 3.05) is 18.8 Å². The van der Waals surface area contributed by atoms with Gasteiger partial charge in [-0.05, 0) is 38.2 Å². The second-order valence-corrected chi connectivity index (χ2v) is 11.4. The minimum Gasteiger partial charge on any atom is -0.475 e. The van der Waals surface area contributed by atoms with Crippen LogP contribution in [-0.4, -0.2) is 66.6 Å². The first kappa shape index (κ1) is 25.5. The van der Waals surface area contributed by atoms with E-state index in [1.54, 1.807) is 0 Å². The van der Waals surface area contributed by atoms with E-state index in [0.717, 1.165) is 19.4 Å². The number of nitrogens with one attached hydrogen (secondary N) is 1. The molecule has 3 fully saturated rings. The molecule has 33 heavy (non-hydrogen) atoms. The molecule has 3 aliphatic rings. The van der Waals surface area contributed by atoms with Crippen LogP contribution >= 0.6 is 0 Å². The third-order valence-corrected chi connectivity index (χ3v) is 8.86. The van der Waals surface area contributed by atoms with E-state index >= 15 is 0 Å². The molecule has 1 saturated carbocycles. The van der Waals surface area contributed by atoms with Gasteiger partial charge in [0.15, 0.2) is 9.84 Å². The number of carboxylic acids is 1. The van der Waals surface area contributed by atoms with Gasteiger partial charge in [-0.15, -0.1) is 0 Å². The largest absolute Gasteiger partial charge is 0.490 e. The topological polar surface area (TPSA) is 104 Å². The number of likely N-dealkylation sites (tertiary alicyclic amines) is 1. The molecule has 2 heterocycles. The van der Waals surface area contributed by atoms with Gasteiger partial charge in [0.2, 0.25) is 5.91 Å². The van der Waals surface area contributed by atoms with Crippen molar-refractivity contribution in [2.45, 2.75) is 56.6 Å². The Labute approximate surface area is 191 Å². The highest BCUT2D eigenvalue weighted by Crippen LogP contribution is 2.38. The molecule has 1 aromatic carbocycles. The average molecular weight is 491 g/mol. The Hall–Kier alpha value is -2.14. The van der Waals surface area contributed by atoms with E-state index in [9.17, 15) is 26.4 Å². The van der Waals surface area contributed by atoms with Gasteiger partial charge in [-0.2, -0.15) is 13.2 Å². The summed E-state index contributed by atoms with van der Waals surface area (Å²) in [6.45, 7) is 4.06. The summed E-state index contributed by atoms with van der Waals surface area (Å²) in [7, 11) is -3.10. The van der Waals surface area contributed by atoms with Crippen LogP contribution in [0.2, 0.25) is 0 Å². The zero-order valence-electron chi connectivity index (χ0n) is 18.3. The molecule has 0 unspecified atom stereocenters. The van der Waals surface area contributed by atoms with Crippen LogP contribution in [0, 0.1) is 18.8 Å². The normalized spacial score (nSPS) is 27.0. The van der Waals surface area contributed by atoms with Crippen LogP contribution in [0.3, 0.4) is 0 Å². The highest BCUT2D eigenvalue weighted by atomic mass is 32.2. The predicted octanol–water partition coefficient (Wildman–Crippen LogP) is 2.53. The zero-order valence-corrected chi connectivity index (χ0v) is 19.2. The molecule has 184 valence electrons. The number of sulfone groups is 1. The maximum atomic E-state index is 12.7. The molecular weight excluding hydrogens is 461 g/mol. The second kappa shape index (κ2) is 10.0. The number of carbonyl (C=O) groups is 2. The van der Waals surface area contributed by atoms with Crippen LogP contribution in [0.5, 0.6) is 0 Å². The van der Waals surface area contributed by atoms with Crippen molar-refractivity contribution in [2.24, 2.45) is 11.8 Å². The lowest BCUT2D eigenvalue weighted by Crippen LogP contribution is -2.50. The molecule has 2 saturated heterocycles. The van der Waals surface area contributed by atoms with E-state index in [4.69, 9.17) is 9.90 Å². The van der Waals surface area contributed by atoms with Gasteiger partial charge in [-0.1, -0.05) is 29.8 Å². The van der Waals surface area contributed by atoms with Crippen molar-refractivity contribution in [3.8, 4) is 0 Å². The molecule has 7 nitrogen and oxygen atoms in total. The molecule has 0 aromatic heterocycles. The number of fused-ring (bicyclic) bond motifs is 1. The predicted molar refractivity (Wildman–Crippen MR) is 115 cm³/mol. The average Bonchev–Trinajstić information content (AvgIpc) is 3.11. The number of aryl methyl sites for hydroxylation is 1. The monoisotopic (exact) mass is 490 g/mol. The molecule has 11 heteroatoms. The molecule has 2 N–H and O–H groups in total. The summed E-state index contributed by atoms with van der Waals surface area (Å²) in [4.78, 5) is 23.8. The molecule has 3 atom stereocenters. The highest BCUT2D eigenvalue weighted by molar-refractivity contribution is 7.92. The smallest absolute Gasteiger partial charge is 0.475 e. The van der Waals surface area contributed by atoms with Gasteiger partial charge in [0.1, 0.15) is 0 Å². The number of carbonyl (C=O) groups excluding carboxylic acids is 1. The van der Waals surface area contributed by atoms with E-state index in [2.05, 4.69) is 41.4 Å². The van der Waals surface area contributed by atoms with Gasteiger partial charge in [0.25, 0.3) is 0 Å². The Morgan fingerprint density at radius 3 is 2.24 bits per heavy atom. The Morgan fingerprint density at radius 1 is 1.12 bits per heavy atom. The van der Waals surface area contributed by atoms with Crippen molar-refractivity contribution in [3.05, 3.63) is 35.4 Å². The number of alkyl halides is 3. The molecule has 1 amide bonds. The number of aliphatic carboxylic acids is 1. The minimum absolute atomic E-state index is 0.0701. The van der Waals surface area contributed by atoms with Crippen LogP contribution < -0.4 is 5.32 Å². The van der Waals surface area contributed by atoms with Gasteiger partial charge in [0, 0.05) is 37.5 Å². The summed E-state index contributed by atoms with van der Waals surface area (Å²) >= 11 is 0. The summed E-state index contributed by atoms with van der Waals surface area (Å²) in [5.41, 5.74) is 2.42. The van der Waals surface area contributed by atoms with E-state index < -0.39 is 22.0 Å². The Balaban J connectivity index is 0.000000383. The first-order chi connectivity index (χ1) is 15.4. The summed E-state index contributed by atoms with van der Waals surface area (Å²) in [5, 5.41) is 9.88. The molecule has 4 rings (SSSR count). The van der Waals surface area contributed by atoms with Gasteiger partial charge >= 0.3 is 12.1 Å². The molecule has 2 aliphatic heterocycles. The Kier molecular flexibility index (Phi) is 7.73. The van der Waals surface area contributed by atoms with E-state index in [1.807, 2.05) is 0 Å². The third kappa shape index (κ3) is 6.47. The lowest BCUT2D eigenvalue weighted by atomic mass is 9.86. The van der Waals surface area contributed by atoms with Crippen molar-refractivity contribution in [1.82, 2.24) is 10.2 Å². The van der Waals surface area contributed by atoms with Crippen molar-refractivity contribution < 1.29 is 36.3 Å². The number of nitrogens with zero attached hydrogens (tertiary/aromatic N) is 1. The van der Waals surface area contributed by atoms with Crippen LogP contribution in [0.25, 0.3) is 0 Å². The highest BCUT2D eigenvalue weighted by Gasteiger charge is 2.50. The fraction of sp³-hybridized carbons (Fsp3) is 0.636. The van der Waals surface area contributed by atoms with E-state index in [-0.39, 0.29) is 28.7 Å².